The molecule has 2 heterocycles. The van der Waals surface area contributed by atoms with Crippen LogP contribution in [0.1, 0.15) is 5.69 Å². The average molecular weight is 341 g/mol. The normalized spacial score (nSPS) is 15.7. The summed E-state index contributed by atoms with van der Waals surface area (Å²) >= 11 is 0. The summed E-state index contributed by atoms with van der Waals surface area (Å²) in [5.41, 5.74) is 2.55. The fourth-order valence-electron chi connectivity index (χ4n) is 3.26. The monoisotopic (exact) mass is 341 g/mol. The summed E-state index contributed by atoms with van der Waals surface area (Å²) in [5.74, 6) is 0.573. The number of anilines is 1. The molecule has 1 fully saturated rings. The first-order valence-electron chi connectivity index (χ1n) is 8.38. The van der Waals surface area contributed by atoms with Gasteiger partial charge in [0.1, 0.15) is 17.3 Å². The van der Waals surface area contributed by atoms with E-state index in [1.54, 1.807) is 13.2 Å². The lowest BCUT2D eigenvalue weighted by Gasteiger charge is -2.35. The maximum absolute atomic E-state index is 13.3. The SMILES string of the molecule is COc1cccc(N2CCN(Cc3noc4cc(F)ccc34)CC2)c1. The van der Waals surface area contributed by atoms with E-state index in [-0.39, 0.29) is 5.82 Å². The van der Waals surface area contributed by atoms with Crippen molar-refractivity contribution in [2.45, 2.75) is 6.54 Å². The van der Waals surface area contributed by atoms with E-state index in [2.05, 4.69) is 27.1 Å². The Morgan fingerprint density at radius 3 is 2.76 bits per heavy atom. The van der Waals surface area contributed by atoms with Crippen LogP contribution in [0.5, 0.6) is 5.75 Å². The third-order valence-electron chi connectivity index (χ3n) is 4.67. The predicted octanol–water partition coefficient (Wildman–Crippen LogP) is 3.30. The van der Waals surface area contributed by atoms with E-state index in [1.165, 1.54) is 17.8 Å². The number of ether oxygens (including phenoxy) is 1. The van der Waals surface area contributed by atoms with Crippen molar-refractivity contribution in [1.82, 2.24) is 10.1 Å². The van der Waals surface area contributed by atoms with E-state index >= 15 is 0 Å². The Kier molecular flexibility index (Phi) is 4.28. The molecule has 1 aliphatic heterocycles. The Bertz CT molecular complexity index is 872. The fourth-order valence-corrected chi connectivity index (χ4v) is 3.26. The Balaban J connectivity index is 1.41. The van der Waals surface area contributed by atoms with Crippen LogP contribution in [0.3, 0.4) is 0 Å². The summed E-state index contributed by atoms with van der Waals surface area (Å²) in [6, 6.07) is 12.7. The minimum atomic E-state index is -0.304. The lowest BCUT2D eigenvalue weighted by molar-refractivity contribution is 0.243. The van der Waals surface area contributed by atoms with Gasteiger partial charge in [0.15, 0.2) is 5.58 Å². The number of aromatic nitrogens is 1. The topological polar surface area (TPSA) is 41.7 Å². The van der Waals surface area contributed by atoms with E-state index < -0.39 is 0 Å². The van der Waals surface area contributed by atoms with Crippen molar-refractivity contribution in [1.29, 1.82) is 0 Å². The standard InChI is InChI=1S/C19H20FN3O2/c1-24-16-4-2-3-15(12-16)23-9-7-22(8-10-23)13-18-17-6-5-14(20)11-19(17)25-21-18/h2-6,11-12H,7-10,13H2,1H3. The third kappa shape index (κ3) is 3.30. The van der Waals surface area contributed by atoms with Gasteiger partial charge < -0.3 is 14.2 Å². The smallest absolute Gasteiger partial charge is 0.170 e. The van der Waals surface area contributed by atoms with E-state index in [1.807, 2.05) is 12.1 Å². The number of rotatable bonds is 4. The molecular weight excluding hydrogens is 321 g/mol. The second-order valence-electron chi connectivity index (χ2n) is 6.23. The number of piperazine rings is 1. The molecule has 4 rings (SSSR count). The van der Waals surface area contributed by atoms with Crippen LogP contribution in [0.2, 0.25) is 0 Å². The second-order valence-corrected chi connectivity index (χ2v) is 6.23. The van der Waals surface area contributed by atoms with E-state index in [4.69, 9.17) is 9.26 Å². The lowest BCUT2D eigenvalue weighted by Crippen LogP contribution is -2.46. The van der Waals surface area contributed by atoms with Crippen molar-refractivity contribution in [2.75, 3.05) is 38.2 Å². The zero-order chi connectivity index (χ0) is 17.2. The van der Waals surface area contributed by atoms with Crippen LogP contribution in [0.25, 0.3) is 11.0 Å². The maximum Gasteiger partial charge on any atom is 0.170 e. The quantitative estimate of drug-likeness (QED) is 0.728. The summed E-state index contributed by atoms with van der Waals surface area (Å²) < 4.78 is 23.8. The summed E-state index contributed by atoms with van der Waals surface area (Å²) in [5, 5.41) is 5.00. The van der Waals surface area contributed by atoms with E-state index in [0.717, 1.165) is 43.0 Å². The first kappa shape index (κ1) is 15.9. The highest BCUT2D eigenvalue weighted by molar-refractivity contribution is 5.79. The Morgan fingerprint density at radius 1 is 1.12 bits per heavy atom. The molecule has 130 valence electrons. The van der Waals surface area contributed by atoms with Crippen molar-refractivity contribution in [3.8, 4) is 5.75 Å². The molecule has 0 aliphatic carbocycles. The molecule has 5 nitrogen and oxygen atoms in total. The number of methoxy groups -OCH3 is 1. The van der Waals surface area contributed by atoms with Crippen LogP contribution in [0, 0.1) is 5.82 Å². The molecule has 0 bridgehead atoms. The van der Waals surface area contributed by atoms with Crippen LogP contribution in [-0.4, -0.2) is 43.3 Å². The molecule has 1 aliphatic rings. The molecule has 0 N–H and O–H groups in total. The lowest BCUT2D eigenvalue weighted by atomic mass is 10.2. The highest BCUT2D eigenvalue weighted by atomic mass is 19.1. The first-order chi connectivity index (χ1) is 12.2. The molecule has 0 saturated carbocycles. The summed E-state index contributed by atoms with van der Waals surface area (Å²) in [6.45, 7) is 4.47. The number of hydrogen-bond donors (Lipinski definition) is 0. The predicted molar refractivity (Wildman–Crippen MR) is 94.5 cm³/mol. The molecule has 0 atom stereocenters. The van der Waals surface area contributed by atoms with Crippen LogP contribution in [-0.2, 0) is 6.54 Å². The van der Waals surface area contributed by atoms with Crippen LogP contribution in [0.4, 0.5) is 10.1 Å². The molecule has 0 amide bonds. The summed E-state index contributed by atoms with van der Waals surface area (Å²) in [4.78, 5) is 4.70. The molecule has 0 radical (unpaired) electrons. The Morgan fingerprint density at radius 2 is 1.96 bits per heavy atom. The molecule has 3 aromatic rings. The van der Waals surface area contributed by atoms with Crippen molar-refractivity contribution >= 4 is 16.7 Å². The molecule has 0 unspecified atom stereocenters. The zero-order valence-electron chi connectivity index (χ0n) is 14.1. The molecule has 1 saturated heterocycles. The van der Waals surface area contributed by atoms with Crippen LogP contribution >= 0.6 is 0 Å². The van der Waals surface area contributed by atoms with Gasteiger partial charge >= 0.3 is 0 Å². The summed E-state index contributed by atoms with van der Waals surface area (Å²) in [7, 11) is 1.69. The van der Waals surface area contributed by atoms with Gasteiger partial charge in [0, 0.05) is 55.9 Å². The summed E-state index contributed by atoms with van der Waals surface area (Å²) in [6.07, 6.45) is 0. The molecule has 0 spiro atoms. The Hall–Kier alpha value is -2.60. The zero-order valence-corrected chi connectivity index (χ0v) is 14.1. The second kappa shape index (κ2) is 6.72. The van der Waals surface area contributed by atoms with Gasteiger partial charge in [-0.1, -0.05) is 11.2 Å². The average Bonchev–Trinajstić information content (AvgIpc) is 3.04. The highest BCUT2D eigenvalue weighted by Gasteiger charge is 2.20. The van der Waals surface area contributed by atoms with Crippen molar-refractivity contribution in [3.63, 3.8) is 0 Å². The van der Waals surface area contributed by atoms with E-state index in [0.29, 0.717) is 12.1 Å². The van der Waals surface area contributed by atoms with Gasteiger partial charge in [-0.05, 0) is 24.3 Å². The molecule has 25 heavy (non-hydrogen) atoms. The van der Waals surface area contributed by atoms with Gasteiger partial charge in [-0.25, -0.2) is 4.39 Å². The van der Waals surface area contributed by atoms with Crippen molar-refractivity contribution < 1.29 is 13.7 Å². The van der Waals surface area contributed by atoms with Gasteiger partial charge in [0.2, 0.25) is 0 Å². The number of fused-ring (bicyclic) bond motifs is 1. The van der Waals surface area contributed by atoms with Gasteiger partial charge in [-0.3, -0.25) is 4.90 Å². The molecule has 2 aromatic carbocycles. The van der Waals surface area contributed by atoms with E-state index in [9.17, 15) is 4.39 Å². The van der Waals surface area contributed by atoms with Crippen LogP contribution in [0.15, 0.2) is 47.0 Å². The largest absolute Gasteiger partial charge is 0.497 e. The third-order valence-corrected chi connectivity index (χ3v) is 4.67. The molecule has 1 aromatic heterocycles. The highest BCUT2D eigenvalue weighted by Crippen LogP contribution is 2.24. The van der Waals surface area contributed by atoms with Gasteiger partial charge in [-0.2, -0.15) is 0 Å². The molecule has 6 heteroatoms. The molecular formula is C19H20FN3O2. The van der Waals surface area contributed by atoms with Crippen molar-refractivity contribution in [2.24, 2.45) is 0 Å². The Labute approximate surface area is 145 Å². The number of halogens is 1. The maximum atomic E-state index is 13.3. The minimum absolute atomic E-state index is 0.304. The van der Waals surface area contributed by atoms with Gasteiger partial charge in [-0.15, -0.1) is 0 Å². The van der Waals surface area contributed by atoms with Crippen molar-refractivity contribution in [3.05, 3.63) is 54.0 Å². The number of benzene rings is 2. The van der Waals surface area contributed by atoms with Gasteiger partial charge in [0.25, 0.3) is 0 Å². The minimum Gasteiger partial charge on any atom is -0.497 e. The van der Waals surface area contributed by atoms with Crippen LogP contribution < -0.4 is 9.64 Å². The first-order valence-corrected chi connectivity index (χ1v) is 8.38. The number of nitrogens with zero attached hydrogens (tertiary/aromatic N) is 3. The number of hydrogen-bond acceptors (Lipinski definition) is 5. The van der Waals surface area contributed by atoms with Gasteiger partial charge in [0.05, 0.1) is 7.11 Å². The fraction of sp³-hybridized carbons (Fsp3) is 0.316.